The van der Waals surface area contributed by atoms with Crippen molar-refractivity contribution in [2.75, 3.05) is 6.61 Å². The van der Waals surface area contributed by atoms with E-state index in [0.717, 1.165) is 10.5 Å². The van der Waals surface area contributed by atoms with Crippen LogP contribution in [-0.4, -0.2) is 24.7 Å². The Labute approximate surface area is 191 Å². The highest BCUT2D eigenvalue weighted by molar-refractivity contribution is 9.10. The van der Waals surface area contributed by atoms with Gasteiger partial charge in [-0.05, 0) is 66.2 Å². The summed E-state index contributed by atoms with van der Waals surface area (Å²) in [6.07, 6.45) is 1.40. The van der Waals surface area contributed by atoms with Gasteiger partial charge in [-0.1, -0.05) is 22.0 Å². The van der Waals surface area contributed by atoms with Crippen molar-refractivity contribution in [2.45, 2.75) is 0 Å². The van der Waals surface area contributed by atoms with Crippen molar-refractivity contribution < 1.29 is 23.5 Å². The van der Waals surface area contributed by atoms with E-state index < -0.39 is 17.7 Å². The lowest BCUT2D eigenvalue weighted by Crippen LogP contribution is -2.24. The number of hydrogen-bond donors (Lipinski definition) is 1. The maximum atomic E-state index is 13.2. The number of carbonyl (C=O) groups is 2. The molecule has 0 bridgehead atoms. The highest BCUT2D eigenvalue weighted by atomic mass is 79.9. The number of esters is 1. The first-order chi connectivity index (χ1) is 15.4. The summed E-state index contributed by atoms with van der Waals surface area (Å²) in [5, 5.41) is 12.9. The summed E-state index contributed by atoms with van der Waals surface area (Å²) < 4.78 is 24.5. The fourth-order valence-electron chi connectivity index (χ4n) is 2.47. The molecule has 0 heterocycles. The molecular weight excluding hydrogens is 481 g/mol. The maximum absolute atomic E-state index is 13.2. The first-order valence-electron chi connectivity index (χ1n) is 9.17. The van der Waals surface area contributed by atoms with E-state index in [0.29, 0.717) is 16.9 Å². The minimum absolute atomic E-state index is 0.102. The first kappa shape index (κ1) is 22.7. The lowest BCUT2D eigenvalue weighted by molar-refractivity contribution is -0.123. The fraction of sp³-hybridized carbons (Fsp3) is 0.0435. The molecule has 7 nitrogen and oxygen atoms in total. The lowest BCUT2D eigenvalue weighted by Gasteiger charge is -2.07. The van der Waals surface area contributed by atoms with Crippen LogP contribution in [-0.2, 0) is 4.79 Å². The van der Waals surface area contributed by atoms with Crippen LogP contribution in [0.2, 0.25) is 0 Å². The van der Waals surface area contributed by atoms with Crippen molar-refractivity contribution in [3.05, 3.63) is 93.7 Å². The Morgan fingerprint density at radius 3 is 2.62 bits per heavy atom. The molecule has 1 amide bonds. The third-order valence-electron chi connectivity index (χ3n) is 3.97. The Kier molecular flexibility index (Phi) is 7.67. The normalized spacial score (nSPS) is 10.4. The van der Waals surface area contributed by atoms with Crippen molar-refractivity contribution in [3.63, 3.8) is 0 Å². The van der Waals surface area contributed by atoms with Gasteiger partial charge in [0.2, 0.25) is 0 Å². The number of nitriles is 1. The van der Waals surface area contributed by atoms with Crippen LogP contribution in [0, 0.1) is 17.1 Å². The average molecular weight is 496 g/mol. The smallest absolute Gasteiger partial charge is 0.343 e. The molecule has 0 aliphatic carbocycles. The Balaban J connectivity index is 1.49. The van der Waals surface area contributed by atoms with E-state index in [1.165, 1.54) is 24.4 Å². The SMILES string of the molecule is N#Cc1cc(Br)ccc1OCC(=O)NN=Cc1ccc(OC(=O)c2cccc(F)c2)cc1. The molecule has 32 heavy (non-hydrogen) atoms. The number of amides is 1. The molecule has 3 aromatic rings. The highest BCUT2D eigenvalue weighted by Gasteiger charge is 2.09. The molecule has 1 N–H and O–H groups in total. The van der Waals surface area contributed by atoms with Gasteiger partial charge in [-0.3, -0.25) is 4.79 Å². The molecule has 0 radical (unpaired) electrons. The molecule has 0 aliphatic heterocycles. The van der Waals surface area contributed by atoms with Crippen molar-refractivity contribution in [1.82, 2.24) is 5.43 Å². The van der Waals surface area contributed by atoms with Gasteiger partial charge in [0.25, 0.3) is 5.91 Å². The van der Waals surface area contributed by atoms with Gasteiger partial charge in [0.05, 0.1) is 17.3 Å². The van der Waals surface area contributed by atoms with E-state index in [-0.39, 0.29) is 17.9 Å². The number of hydrazone groups is 1. The van der Waals surface area contributed by atoms with E-state index in [2.05, 4.69) is 26.5 Å². The van der Waals surface area contributed by atoms with Crippen molar-refractivity contribution in [3.8, 4) is 17.6 Å². The second-order valence-corrected chi connectivity index (χ2v) is 7.22. The maximum Gasteiger partial charge on any atom is 0.343 e. The van der Waals surface area contributed by atoms with Gasteiger partial charge in [0, 0.05) is 4.47 Å². The number of benzene rings is 3. The summed E-state index contributed by atoms with van der Waals surface area (Å²) in [4.78, 5) is 23.9. The predicted molar refractivity (Wildman–Crippen MR) is 118 cm³/mol. The Hall–Kier alpha value is -4.03. The molecule has 0 spiro atoms. The van der Waals surface area contributed by atoms with Gasteiger partial charge in [-0.25, -0.2) is 14.6 Å². The molecule has 3 aromatic carbocycles. The minimum Gasteiger partial charge on any atom is -0.482 e. The second kappa shape index (κ2) is 10.8. The number of halogens is 2. The van der Waals surface area contributed by atoms with Gasteiger partial charge in [0.1, 0.15) is 23.4 Å². The van der Waals surface area contributed by atoms with E-state index in [1.54, 1.807) is 42.5 Å². The summed E-state index contributed by atoms with van der Waals surface area (Å²) in [6.45, 7) is -0.317. The molecule has 0 aromatic heterocycles. The number of nitrogens with zero attached hydrogens (tertiary/aromatic N) is 2. The van der Waals surface area contributed by atoms with Crippen molar-refractivity contribution in [1.29, 1.82) is 5.26 Å². The summed E-state index contributed by atoms with van der Waals surface area (Å²) in [5.41, 5.74) is 3.35. The quantitative estimate of drug-likeness (QED) is 0.229. The van der Waals surface area contributed by atoms with E-state index in [1.807, 2.05) is 6.07 Å². The molecule has 0 atom stereocenters. The standard InChI is InChI=1S/C23H15BrFN3O4/c24-18-6-9-21(17(10-18)12-26)31-14-22(29)28-27-13-15-4-7-20(8-5-15)32-23(30)16-2-1-3-19(25)11-16/h1-11,13H,14H2,(H,28,29). The van der Waals surface area contributed by atoms with E-state index in [9.17, 15) is 14.0 Å². The van der Waals surface area contributed by atoms with Crippen molar-refractivity contribution >= 4 is 34.0 Å². The third-order valence-corrected chi connectivity index (χ3v) is 4.47. The van der Waals surface area contributed by atoms with Crippen LogP contribution in [0.5, 0.6) is 11.5 Å². The van der Waals surface area contributed by atoms with Gasteiger partial charge in [0.15, 0.2) is 6.61 Å². The summed E-state index contributed by atoms with van der Waals surface area (Å²) in [6, 6.07) is 18.4. The molecule has 0 fully saturated rings. The number of carbonyl (C=O) groups excluding carboxylic acids is 2. The largest absolute Gasteiger partial charge is 0.482 e. The number of nitrogens with one attached hydrogen (secondary N) is 1. The van der Waals surface area contributed by atoms with Crippen LogP contribution in [0.25, 0.3) is 0 Å². The Morgan fingerprint density at radius 2 is 1.91 bits per heavy atom. The highest BCUT2D eigenvalue weighted by Crippen LogP contribution is 2.22. The summed E-state index contributed by atoms with van der Waals surface area (Å²) in [7, 11) is 0. The summed E-state index contributed by atoms with van der Waals surface area (Å²) >= 11 is 3.26. The minimum atomic E-state index is -0.677. The van der Waals surface area contributed by atoms with Gasteiger partial charge in [-0.2, -0.15) is 10.4 Å². The van der Waals surface area contributed by atoms with Crippen LogP contribution in [0.15, 0.2) is 76.3 Å². The molecule has 0 saturated heterocycles. The fourth-order valence-corrected chi connectivity index (χ4v) is 2.83. The van der Waals surface area contributed by atoms with Crippen LogP contribution in [0.3, 0.4) is 0 Å². The zero-order valence-corrected chi connectivity index (χ0v) is 18.0. The zero-order valence-electron chi connectivity index (χ0n) is 16.4. The van der Waals surface area contributed by atoms with Crippen LogP contribution in [0.1, 0.15) is 21.5 Å². The van der Waals surface area contributed by atoms with E-state index >= 15 is 0 Å². The van der Waals surface area contributed by atoms with Crippen LogP contribution in [0.4, 0.5) is 4.39 Å². The van der Waals surface area contributed by atoms with Gasteiger partial charge >= 0.3 is 5.97 Å². The average Bonchev–Trinajstić information content (AvgIpc) is 2.79. The second-order valence-electron chi connectivity index (χ2n) is 6.30. The molecule has 9 heteroatoms. The monoisotopic (exact) mass is 495 g/mol. The molecule has 3 rings (SSSR count). The Bertz CT molecular complexity index is 1210. The summed E-state index contributed by atoms with van der Waals surface area (Å²) in [5.74, 6) is -1.15. The lowest BCUT2D eigenvalue weighted by atomic mass is 10.2. The predicted octanol–water partition coefficient (Wildman–Crippen LogP) is 4.21. The molecule has 0 saturated carbocycles. The first-order valence-corrected chi connectivity index (χ1v) is 9.96. The van der Waals surface area contributed by atoms with Crippen LogP contribution < -0.4 is 14.9 Å². The number of hydrogen-bond acceptors (Lipinski definition) is 6. The Morgan fingerprint density at radius 1 is 1.12 bits per heavy atom. The van der Waals surface area contributed by atoms with Gasteiger partial charge < -0.3 is 9.47 Å². The number of rotatable bonds is 7. The molecule has 0 unspecified atom stereocenters. The third kappa shape index (κ3) is 6.48. The van der Waals surface area contributed by atoms with Crippen LogP contribution >= 0.6 is 15.9 Å². The molecule has 0 aliphatic rings. The zero-order chi connectivity index (χ0) is 22.9. The number of ether oxygens (including phenoxy) is 2. The molecule has 160 valence electrons. The van der Waals surface area contributed by atoms with Crippen molar-refractivity contribution in [2.24, 2.45) is 5.10 Å². The van der Waals surface area contributed by atoms with E-state index in [4.69, 9.17) is 14.7 Å². The molecular formula is C23H15BrFN3O4. The topological polar surface area (TPSA) is 101 Å². The van der Waals surface area contributed by atoms with Gasteiger partial charge in [-0.15, -0.1) is 0 Å².